The maximum Gasteiger partial charge on any atom is 0.244 e. The Hall–Kier alpha value is -1.35. The highest BCUT2D eigenvalue weighted by Gasteiger charge is 2.27. The Morgan fingerprint density at radius 2 is 1.89 bits per heavy atom. The molecule has 1 heterocycles. The van der Waals surface area contributed by atoms with E-state index in [9.17, 15) is 4.79 Å². The molecule has 0 aliphatic carbocycles. The van der Waals surface area contributed by atoms with Crippen molar-refractivity contribution in [1.29, 1.82) is 0 Å². The van der Waals surface area contributed by atoms with Crippen molar-refractivity contribution in [2.45, 2.75) is 32.7 Å². The first-order chi connectivity index (χ1) is 8.74. The molecule has 3 nitrogen and oxygen atoms in total. The van der Waals surface area contributed by atoms with E-state index in [0.29, 0.717) is 0 Å². The van der Waals surface area contributed by atoms with Gasteiger partial charge in [0.1, 0.15) is 0 Å². The lowest BCUT2D eigenvalue weighted by molar-refractivity contribution is -0.122. The fourth-order valence-electron chi connectivity index (χ4n) is 2.58. The first-order valence-corrected chi connectivity index (χ1v) is 6.84. The number of likely N-dealkylation sites (N-methyl/N-ethyl adjacent to an activating group) is 1. The number of para-hydroxylation sites is 1. The Morgan fingerprint density at radius 1 is 1.28 bits per heavy atom. The average molecular weight is 246 g/mol. The quantitative estimate of drug-likeness (QED) is 0.815. The summed E-state index contributed by atoms with van der Waals surface area (Å²) in [5.74, 6) is 0.214. The van der Waals surface area contributed by atoms with Crippen LogP contribution in [0.25, 0.3) is 0 Å². The minimum atomic E-state index is -0.00680. The molecule has 0 bridgehead atoms. The summed E-state index contributed by atoms with van der Waals surface area (Å²) in [4.78, 5) is 16.7. The zero-order chi connectivity index (χ0) is 13.0. The first-order valence-electron chi connectivity index (χ1n) is 6.84. The molecule has 0 aromatic heterocycles. The summed E-state index contributed by atoms with van der Waals surface area (Å²) in [6.45, 7) is 6.89. The fourth-order valence-corrected chi connectivity index (χ4v) is 2.58. The van der Waals surface area contributed by atoms with Crippen LogP contribution < -0.4 is 4.90 Å². The summed E-state index contributed by atoms with van der Waals surface area (Å²) in [7, 11) is 0. The number of nitrogens with zero attached hydrogens (tertiary/aromatic N) is 2. The molecule has 0 unspecified atom stereocenters. The van der Waals surface area contributed by atoms with Crippen LogP contribution in [0.15, 0.2) is 30.3 Å². The Kier molecular flexibility index (Phi) is 4.37. The van der Waals surface area contributed by atoms with Gasteiger partial charge >= 0.3 is 0 Å². The minimum Gasteiger partial charge on any atom is -0.311 e. The van der Waals surface area contributed by atoms with Gasteiger partial charge in [-0.15, -0.1) is 0 Å². The molecule has 1 amide bonds. The van der Waals surface area contributed by atoms with Crippen molar-refractivity contribution in [3.63, 3.8) is 0 Å². The second kappa shape index (κ2) is 6.01. The van der Waals surface area contributed by atoms with Crippen molar-refractivity contribution >= 4 is 11.6 Å². The molecule has 2 rings (SSSR count). The van der Waals surface area contributed by atoms with E-state index < -0.39 is 0 Å². The molecular weight excluding hydrogens is 224 g/mol. The smallest absolute Gasteiger partial charge is 0.244 e. The van der Waals surface area contributed by atoms with E-state index in [1.165, 1.54) is 12.8 Å². The van der Waals surface area contributed by atoms with Gasteiger partial charge in [-0.1, -0.05) is 18.2 Å². The van der Waals surface area contributed by atoms with Crippen LogP contribution in [0.4, 0.5) is 5.69 Å². The third-order valence-electron chi connectivity index (χ3n) is 3.70. The van der Waals surface area contributed by atoms with E-state index in [-0.39, 0.29) is 11.9 Å². The molecule has 98 valence electrons. The van der Waals surface area contributed by atoms with Crippen LogP contribution in [0, 0.1) is 0 Å². The Morgan fingerprint density at radius 3 is 2.44 bits per heavy atom. The maximum atomic E-state index is 12.5. The molecule has 0 spiro atoms. The summed E-state index contributed by atoms with van der Waals surface area (Å²) in [6, 6.07) is 9.92. The summed E-state index contributed by atoms with van der Waals surface area (Å²) in [5.41, 5.74) is 0.996. The zero-order valence-corrected chi connectivity index (χ0v) is 11.3. The zero-order valence-electron chi connectivity index (χ0n) is 11.3. The second-order valence-electron chi connectivity index (χ2n) is 4.84. The number of benzene rings is 1. The van der Waals surface area contributed by atoms with Gasteiger partial charge in [0.15, 0.2) is 0 Å². The standard InChI is InChI=1S/C15H22N2O/c1-3-17(14-9-5-4-6-10-14)15(18)13(2)16-11-7-8-12-16/h4-6,9-10,13H,3,7-8,11-12H2,1-2H3/t13-/m1/s1. The molecule has 0 radical (unpaired) electrons. The van der Waals surface area contributed by atoms with Gasteiger partial charge in [-0.25, -0.2) is 0 Å². The molecule has 1 aromatic rings. The normalized spacial score (nSPS) is 17.7. The lowest BCUT2D eigenvalue weighted by atomic mass is 10.2. The third-order valence-corrected chi connectivity index (χ3v) is 3.70. The number of hydrogen-bond donors (Lipinski definition) is 0. The topological polar surface area (TPSA) is 23.6 Å². The highest BCUT2D eigenvalue weighted by atomic mass is 16.2. The molecule has 0 N–H and O–H groups in total. The van der Waals surface area contributed by atoms with E-state index >= 15 is 0 Å². The number of carbonyl (C=O) groups is 1. The van der Waals surface area contributed by atoms with Gasteiger partial charge in [-0.05, 0) is 51.9 Å². The lowest BCUT2D eigenvalue weighted by Crippen LogP contribution is -2.46. The molecule has 1 fully saturated rings. The molecule has 3 heteroatoms. The Labute approximate surface area is 109 Å². The van der Waals surface area contributed by atoms with E-state index in [0.717, 1.165) is 25.3 Å². The molecule has 1 saturated heterocycles. The van der Waals surface area contributed by atoms with Gasteiger partial charge in [0, 0.05) is 12.2 Å². The van der Waals surface area contributed by atoms with Crippen molar-refractivity contribution in [1.82, 2.24) is 4.90 Å². The third kappa shape index (κ3) is 2.72. The average Bonchev–Trinajstić information content (AvgIpc) is 2.94. The monoisotopic (exact) mass is 246 g/mol. The van der Waals surface area contributed by atoms with Crippen LogP contribution in [-0.2, 0) is 4.79 Å². The second-order valence-corrected chi connectivity index (χ2v) is 4.84. The first kappa shape index (κ1) is 13.1. The predicted molar refractivity (Wildman–Crippen MR) is 74.7 cm³/mol. The molecule has 18 heavy (non-hydrogen) atoms. The molecule has 1 aromatic carbocycles. The van der Waals surface area contributed by atoms with Gasteiger partial charge < -0.3 is 4.90 Å². The van der Waals surface area contributed by atoms with Crippen molar-refractivity contribution in [2.24, 2.45) is 0 Å². The summed E-state index contributed by atoms with van der Waals surface area (Å²) in [5, 5.41) is 0. The number of anilines is 1. The number of amides is 1. The molecule has 0 saturated carbocycles. The van der Waals surface area contributed by atoms with E-state index in [1.807, 2.05) is 49.1 Å². The number of likely N-dealkylation sites (tertiary alicyclic amines) is 1. The van der Waals surface area contributed by atoms with E-state index in [4.69, 9.17) is 0 Å². The largest absolute Gasteiger partial charge is 0.311 e. The summed E-state index contributed by atoms with van der Waals surface area (Å²) >= 11 is 0. The summed E-state index contributed by atoms with van der Waals surface area (Å²) in [6.07, 6.45) is 2.43. The summed E-state index contributed by atoms with van der Waals surface area (Å²) < 4.78 is 0. The lowest BCUT2D eigenvalue weighted by Gasteiger charge is -2.29. The Balaban J connectivity index is 2.10. The number of rotatable bonds is 4. The number of hydrogen-bond acceptors (Lipinski definition) is 2. The van der Waals surface area contributed by atoms with Crippen LogP contribution >= 0.6 is 0 Å². The molecular formula is C15H22N2O. The number of carbonyl (C=O) groups excluding carboxylic acids is 1. The molecule has 1 atom stereocenters. The highest BCUT2D eigenvalue weighted by molar-refractivity contribution is 5.96. The molecule has 1 aliphatic heterocycles. The van der Waals surface area contributed by atoms with Crippen LogP contribution in [0.1, 0.15) is 26.7 Å². The van der Waals surface area contributed by atoms with Gasteiger partial charge in [-0.2, -0.15) is 0 Å². The maximum absolute atomic E-state index is 12.5. The SMILES string of the molecule is CCN(C(=O)[C@@H](C)N1CCCC1)c1ccccc1. The van der Waals surface area contributed by atoms with Gasteiger partial charge in [0.05, 0.1) is 6.04 Å². The van der Waals surface area contributed by atoms with Crippen molar-refractivity contribution < 1.29 is 4.79 Å². The van der Waals surface area contributed by atoms with E-state index in [2.05, 4.69) is 4.90 Å². The van der Waals surface area contributed by atoms with Crippen molar-refractivity contribution in [3.05, 3.63) is 30.3 Å². The van der Waals surface area contributed by atoms with Crippen LogP contribution in [0.2, 0.25) is 0 Å². The predicted octanol–water partition coefficient (Wildman–Crippen LogP) is 2.52. The van der Waals surface area contributed by atoms with Crippen LogP contribution in [-0.4, -0.2) is 36.5 Å². The van der Waals surface area contributed by atoms with E-state index in [1.54, 1.807) is 0 Å². The Bertz CT molecular complexity index is 385. The van der Waals surface area contributed by atoms with Crippen molar-refractivity contribution in [2.75, 3.05) is 24.5 Å². The minimum absolute atomic E-state index is 0.00680. The van der Waals surface area contributed by atoms with Crippen LogP contribution in [0.3, 0.4) is 0 Å². The van der Waals surface area contributed by atoms with Gasteiger partial charge in [0.25, 0.3) is 0 Å². The van der Waals surface area contributed by atoms with Crippen LogP contribution in [0.5, 0.6) is 0 Å². The highest BCUT2D eigenvalue weighted by Crippen LogP contribution is 2.18. The van der Waals surface area contributed by atoms with Gasteiger partial charge in [0.2, 0.25) is 5.91 Å². The fraction of sp³-hybridized carbons (Fsp3) is 0.533. The van der Waals surface area contributed by atoms with Gasteiger partial charge in [-0.3, -0.25) is 9.69 Å². The molecule has 1 aliphatic rings. The van der Waals surface area contributed by atoms with Crippen molar-refractivity contribution in [3.8, 4) is 0 Å².